The van der Waals surface area contributed by atoms with Crippen molar-refractivity contribution in [2.45, 2.75) is 44.2 Å². The number of nitrogens with one attached hydrogen (secondary N) is 1. The lowest BCUT2D eigenvalue weighted by Gasteiger charge is -2.27. The molecule has 0 aliphatic heterocycles. The number of anilines is 1. The Morgan fingerprint density at radius 1 is 1.19 bits per heavy atom. The van der Waals surface area contributed by atoms with Crippen LogP contribution in [-0.2, 0) is 19.9 Å². The van der Waals surface area contributed by atoms with E-state index in [1.165, 1.54) is 41.6 Å². The van der Waals surface area contributed by atoms with Gasteiger partial charge in [-0.15, -0.1) is 0 Å². The summed E-state index contributed by atoms with van der Waals surface area (Å²) in [6.07, 6.45) is 7.95. The van der Waals surface area contributed by atoms with Crippen LogP contribution in [0.1, 0.15) is 53.7 Å². The molecule has 0 saturated carbocycles. The van der Waals surface area contributed by atoms with Gasteiger partial charge in [0.15, 0.2) is 0 Å². The van der Waals surface area contributed by atoms with E-state index in [1.807, 2.05) is 16.9 Å². The van der Waals surface area contributed by atoms with E-state index in [4.69, 9.17) is 5.73 Å². The fourth-order valence-corrected chi connectivity index (χ4v) is 3.93. The number of nitrogen functional groups attached to an aromatic ring is 1. The Morgan fingerprint density at radius 3 is 2.95 bits per heavy atom. The van der Waals surface area contributed by atoms with Gasteiger partial charge in [0.25, 0.3) is 0 Å². The second-order valence-electron chi connectivity index (χ2n) is 6.33. The molecule has 4 rings (SSSR count). The van der Waals surface area contributed by atoms with E-state index in [0.717, 1.165) is 18.5 Å². The maximum atomic E-state index is 5.90. The summed E-state index contributed by atoms with van der Waals surface area (Å²) in [6, 6.07) is 7.25. The van der Waals surface area contributed by atoms with Crippen molar-refractivity contribution in [3.8, 4) is 0 Å². The average molecular weight is 282 g/mol. The largest absolute Gasteiger partial charge is 0.399 e. The predicted molar refractivity (Wildman–Crippen MR) is 83.9 cm³/mol. The lowest BCUT2D eigenvalue weighted by Crippen LogP contribution is -2.28. The maximum absolute atomic E-state index is 5.90. The molecule has 1 aromatic heterocycles. The van der Waals surface area contributed by atoms with Gasteiger partial charge in [-0.25, -0.2) is 0 Å². The van der Waals surface area contributed by atoms with Gasteiger partial charge in [-0.1, -0.05) is 6.07 Å². The Kier molecular flexibility index (Phi) is 3.00. The minimum atomic E-state index is 0.441. The number of fused-ring (bicyclic) bond motifs is 2. The van der Waals surface area contributed by atoms with E-state index in [1.54, 1.807) is 0 Å². The summed E-state index contributed by atoms with van der Waals surface area (Å²) in [6.45, 7) is 0. The van der Waals surface area contributed by atoms with Gasteiger partial charge in [-0.05, 0) is 55.4 Å². The Hall–Kier alpha value is -1.81. The molecule has 4 nitrogen and oxygen atoms in total. The Labute approximate surface area is 125 Å². The van der Waals surface area contributed by atoms with E-state index in [2.05, 4.69) is 29.6 Å². The number of rotatable bonds is 2. The number of hydrogen-bond acceptors (Lipinski definition) is 3. The van der Waals surface area contributed by atoms with E-state index in [-0.39, 0.29) is 0 Å². The molecule has 1 aromatic carbocycles. The zero-order valence-corrected chi connectivity index (χ0v) is 12.5. The summed E-state index contributed by atoms with van der Waals surface area (Å²) in [5.41, 5.74) is 12.4. The Morgan fingerprint density at radius 2 is 2.05 bits per heavy atom. The molecular weight excluding hydrogens is 260 g/mol. The van der Waals surface area contributed by atoms with Crippen molar-refractivity contribution in [3.63, 3.8) is 0 Å². The Balaban J connectivity index is 1.59. The zero-order chi connectivity index (χ0) is 14.4. The lowest BCUT2D eigenvalue weighted by molar-refractivity contribution is 0.395. The summed E-state index contributed by atoms with van der Waals surface area (Å²) in [7, 11) is 2.05. The lowest BCUT2D eigenvalue weighted by atomic mass is 9.92. The molecule has 0 spiro atoms. The number of aromatic nitrogens is 2. The molecule has 0 saturated heterocycles. The third-order valence-corrected chi connectivity index (χ3v) is 5.02. The normalized spacial score (nSPS) is 23.9. The molecule has 1 heterocycles. The molecule has 0 radical (unpaired) electrons. The molecule has 2 aliphatic carbocycles. The van der Waals surface area contributed by atoms with Gasteiger partial charge in [0.05, 0.1) is 6.20 Å². The molecule has 2 aliphatic rings. The van der Waals surface area contributed by atoms with Crippen molar-refractivity contribution in [1.82, 2.24) is 15.1 Å². The Bertz CT molecular complexity index is 673. The van der Waals surface area contributed by atoms with Crippen LogP contribution in [0.15, 0.2) is 24.4 Å². The monoisotopic (exact) mass is 282 g/mol. The quantitative estimate of drug-likeness (QED) is 0.833. The molecular formula is C17H22N4. The van der Waals surface area contributed by atoms with Crippen LogP contribution in [-0.4, -0.2) is 9.78 Å². The smallest absolute Gasteiger partial charge is 0.0540 e. The van der Waals surface area contributed by atoms with Crippen molar-refractivity contribution in [2.75, 3.05) is 5.73 Å². The fraction of sp³-hybridized carbons (Fsp3) is 0.471. The number of nitrogens with zero attached hydrogens (tertiary/aromatic N) is 2. The average Bonchev–Trinajstić information content (AvgIpc) is 3.04. The highest BCUT2D eigenvalue weighted by Gasteiger charge is 2.29. The summed E-state index contributed by atoms with van der Waals surface area (Å²) >= 11 is 0. The molecule has 0 amide bonds. The van der Waals surface area contributed by atoms with Gasteiger partial charge in [0, 0.05) is 36.1 Å². The van der Waals surface area contributed by atoms with Crippen molar-refractivity contribution in [1.29, 1.82) is 0 Å². The van der Waals surface area contributed by atoms with Crippen LogP contribution in [0, 0.1) is 0 Å². The standard InChI is InChI=1S/C17H22N4/c1-21-17-4-2-3-15(14(17)10-19-21)20-16-8-5-11-9-12(18)6-7-13(11)16/h6-7,9-10,15-16,20H,2-5,8,18H2,1H3. The second kappa shape index (κ2) is 4.88. The molecule has 110 valence electrons. The molecule has 21 heavy (non-hydrogen) atoms. The van der Waals surface area contributed by atoms with Crippen molar-refractivity contribution >= 4 is 5.69 Å². The highest BCUT2D eigenvalue weighted by Crippen LogP contribution is 2.37. The SMILES string of the molecule is Cn1ncc2c1CCCC2NC1CCc2cc(N)ccc21. The van der Waals surface area contributed by atoms with Gasteiger partial charge >= 0.3 is 0 Å². The van der Waals surface area contributed by atoms with E-state index in [9.17, 15) is 0 Å². The van der Waals surface area contributed by atoms with Crippen LogP contribution in [0.5, 0.6) is 0 Å². The van der Waals surface area contributed by atoms with Gasteiger partial charge in [0.2, 0.25) is 0 Å². The summed E-state index contributed by atoms with van der Waals surface area (Å²) in [5, 5.41) is 8.31. The molecule has 0 bridgehead atoms. The molecule has 3 N–H and O–H groups in total. The first kappa shape index (κ1) is 12.9. The summed E-state index contributed by atoms with van der Waals surface area (Å²) in [4.78, 5) is 0. The van der Waals surface area contributed by atoms with E-state index in [0.29, 0.717) is 12.1 Å². The van der Waals surface area contributed by atoms with Crippen molar-refractivity contribution in [3.05, 3.63) is 46.8 Å². The maximum Gasteiger partial charge on any atom is 0.0540 e. The van der Waals surface area contributed by atoms with Gasteiger partial charge in [-0.2, -0.15) is 5.10 Å². The minimum Gasteiger partial charge on any atom is -0.399 e. The van der Waals surface area contributed by atoms with Gasteiger partial charge in [0.1, 0.15) is 0 Å². The topological polar surface area (TPSA) is 55.9 Å². The van der Waals surface area contributed by atoms with Gasteiger partial charge < -0.3 is 11.1 Å². The summed E-state index contributed by atoms with van der Waals surface area (Å²) in [5.74, 6) is 0. The van der Waals surface area contributed by atoms with Crippen LogP contribution < -0.4 is 11.1 Å². The number of aryl methyl sites for hydroxylation is 2. The first-order valence-electron chi connectivity index (χ1n) is 7.87. The summed E-state index contributed by atoms with van der Waals surface area (Å²) < 4.78 is 2.03. The van der Waals surface area contributed by atoms with Crippen LogP contribution >= 0.6 is 0 Å². The first-order valence-corrected chi connectivity index (χ1v) is 7.87. The molecule has 2 aromatic rings. The van der Waals surface area contributed by atoms with Crippen molar-refractivity contribution in [2.24, 2.45) is 7.05 Å². The molecule has 2 atom stereocenters. The first-order chi connectivity index (χ1) is 10.2. The molecule has 0 fully saturated rings. The molecule has 4 heteroatoms. The van der Waals surface area contributed by atoms with E-state index < -0.39 is 0 Å². The minimum absolute atomic E-state index is 0.441. The predicted octanol–water partition coefficient (Wildman–Crippen LogP) is 2.66. The van der Waals surface area contributed by atoms with Crippen LogP contribution in [0.4, 0.5) is 5.69 Å². The highest BCUT2D eigenvalue weighted by atomic mass is 15.3. The third-order valence-electron chi connectivity index (χ3n) is 5.02. The second-order valence-corrected chi connectivity index (χ2v) is 6.33. The van der Waals surface area contributed by atoms with Crippen molar-refractivity contribution < 1.29 is 0 Å². The molecule has 2 unspecified atom stereocenters. The number of hydrogen-bond donors (Lipinski definition) is 2. The van der Waals surface area contributed by atoms with Gasteiger partial charge in [-0.3, -0.25) is 4.68 Å². The number of nitrogens with two attached hydrogens (primary N) is 1. The van der Waals surface area contributed by atoms with Crippen LogP contribution in [0.25, 0.3) is 0 Å². The van der Waals surface area contributed by atoms with Crippen LogP contribution in [0.3, 0.4) is 0 Å². The highest BCUT2D eigenvalue weighted by molar-refractivity contribution is 5.47. The van der Waals surface area contributed by atoms with Crippen LogP contribution in [0.2, 0.25) is 0 Å². The third kappa shape index (κ3) is 2.14. The van der Waals surface area contributed by atoms with E-state index >= 15 is 0 Å². The fourth-order valence-electron chi connectivity index (χ4n) is 3.93. The zero-order valence-electron chi connectivity index (χ0n) is 12.5. The number of benzene rings is 1.